The van der Waals surface area contributed by atoms with Gasteiger partial charge in [0.2, 0.25) is 0 Å². The number of hydrogen-bond donors (Lipinski definition) is 0. The van der Waals surface area contributed by atoms with Crippen LogP contribution in [0.2, 0.25) is 0 Å². The van der Waals surface area contributed by atoms with Crippen LogP contribution in [0.4, 0.5) is 0 Å². The quantitative estimate of drug-likeness (QED) is 0.190. The summed E-state index contributed by atoms with van der Waals surface area (Å²) >= 11 is 7.13. The molecule has 6 heteroatoms. The normalized spacial score (nSPS) is 19.1. The van der Waals surface area contributed by atoms with E-state index in [1.807, 2.05) is 72.8 Å². The molecular formula is C36H27Br2N3O. The summed E-state index contributed by atoms with van der Waals surface area (Å²) in [6.07, 6.45) is 5.21. The molecule has 7 rings (SSSR count). The molecular weight excluding hydrogens is 650 g/mol. The van der Waals surface area contributed by atoms with Crippen molar-refractivity contribution >= 4 is 60.5 Å². The van der Waals surface area contributed by atoms with Gasteiger partial charge in [0.05, 0.1) is 28.5 Å². The number of fused-ring (bicyclic) bond motifs is 2. The standard InChI is InChI=1S/C36H27Br2N3O/c37-27-17-13-23(14-18-27)21-26-9-6-11-30-34(26)40-41(35(30)25-15-19-28(38)20-16-25)36(42)31-22-33(24-7-2-1-3-8-24)39-32-12-5-4-10-29(31)32/h1-5,7-8,10,12-22,30,35H,6,9,11H2/b26-21-/t30-,35+/m1/s1. The number of carbonyl (C=O) groups is 1. The first kappa shape index (κ1) is 27.0. The SMILES string of the molecule is O=C(c1cc(-c2ccccc2)nc2ccccc12)N1N=C2/C(=C\c3ccc(Br)cc3)CCC[C@H]2[C@@H]1c1ccc(Br)cc1. The number of allylic oxidation sites excluding steroid dienone is 1. The average Bonchev–Trinajstić information content (AvgIpc) is 3.43. The zero-order chi connectivity index (χ0) is 28.6. The van der Waals surface area contributed by atoms with Gasteiger partial charge in [0.15, 0.2) is 0 Å². The molecule has 0 spiro atoms. The smallest absolute Gasteiger partial charge is 0.267 e. The molecule has 1 aliphatic carbocycles. The molecule has 0 unspecified atom stereocenters. The second kappa shape index (κ2) is 11.4. The van der Waals surface area contributed by atoms with E-state index in [1.165, 1.54) is 5.57 Å². The van der Waals surface area contributed by atoms with Crippen molar-refractivity contribution in [1.29, 1.82) is 0 Å². The van der Waals surface area contributed by atoms with E-state index in [0.717, 1.165) is 67.2 Å². The van der Waals surface area contributed by atoms with Crippen molar-refractivity contribution in [2.24, 2.45) is 11.0 Å². The fourth-order valence-corrected chi connectivity index (χ4v) is 6.68. The van der Waals surface area contributed by atoms with Crippen molar-refractivity contribution < 1.29 is 4.79 Å². The predicted octanol–water partition coefficient (Wildman–Crippen LogP) is 9.86. The molecule has 0 N–H and O–H groups in total. The molecule has 1 aromatic heterocycles. The Hall–Kier alpha value is -3.87. The van der Waals surface area contributed by atoms with Crippen LogP contribution in [0.15, 0.2) is 129 Å². The predicted molar refractivity (Wildman–Crippen MR) is 177 cm³/mol. The lowest BCUT2D eigenvalue weighted by Crippen LogP contribution is -2.32. The Morgan fingerprint density at radius 2 is 1.52 bits per heavy atom. The first-order chi connectivity index (χ1) is 20.5. The number of para-hydroxylation sites is 1. The number of aromatic nitrogens is 1. The topological polar surface area (TPSA) is 45.6 Å². The van der Waals surface area contributed by atoms with Crippen molar-refractivity contribution in [3.8, 4) is 11.3 Å². The molecule has 0 saturated heterocycles. The minimum atomic E-state index is -0.193. The number of pyridine rings is 1. The lowest BCUT2D eigenvalue weighted by molar-refractivity contribution is 0.0683. The number of benzene rings is 4. The molecule has 4 nitrogen and oxygen atoms in total. The van der Waals surface area contributed by atoms with Crippen LogP contribution in [0, 0.1) is 5.92 Å². The first-order valence-corrected chi connectivity index (χ1v) is 15.7. The van der Waals surface area contributed by atoms with Crippen molar-refractivity contribution in [2.75, 3.05) is 0 Å². The number of amides is 1. The summed E-state index contributed by atoms with van der Waals surface area (Å²) < 4.78 is 2.06. The second-order valence-corrected chi connectivity index (χ2v) is 12.6. The highest BCUT2D eigenvalue weighted by molar-refractivity contribution is 9.10. The van der Waals surface area contributed by atoms with Crippen molar-refractivity contribution in [1.82, 2.24) is 9.99 Å². The lowest BCUT2D eigenvalue weighted by Gasteiger charge is -2.30. The Labute approximate surface area is 262 Å². The molecule has 0 radical (unpaired) electrons. The molecule has 206 valence electrons. The van der Waals surface area contributed by atoms with E-state index >= 15 is 0 Å². The largest absolute Gasteiger partial charge is 0.275 e. The summed E-state index contributed by atoms with van der Waals surface area (Å²) in [7, 11) is 0. The minimum Gasteiger partial charge on any atom is -0.267 e. The number of rotatable bonds is 4. The summed E-state index contributed by atoms with van der Waals surface area (Å²) in [4.78, 5) is 19.6. The van der Waals surface area contributed by atoms with E-state index in [0.29, 0.717) is 5.56 Å². The van der Waals surface area contributed by atoms with E-state index < -0.39 is 0 Å². The van der Waals surface area contributed by atoms with Crippen LogP contribution in [-0.2, 0) is 0 Å². The highest BCUT2D eigenvalue weighted by atomic mass is 79.9. The molecule has 2 atom stereocenters. The molecule has 42 heavy (non-hydrogen) atoms. The second-order valence-electron chi connectivity index (χ2n) is 10.8. The number of hydrazone groups is 1. The fraction of sp³-hybridized carbons (Fsp3) is 0.139. The van der Waals surface area contributed by atoms with Gasteiger partial charge in [0, 0.05) is 25.8 Å². The zero-order valence-electron chi connectivity index (χ0n) is 22.8. The Morgan fingerprint density at radius 3 is 2.29 bits per heavy atom. The number of nitrogens with zero attached hydrogens (tertiary/aromatic N) is 3. The lowest BCUT2D eigenvalue weighted by atomic mass is 9.77. The van der Waals surface area contributed by atoms with Crippen LogP contribution in [0.5, 0.6) is 0 Å². The van der Waals surface area contributed by atoms with Gasteiger partial charge in [-0.2, -0.15) is 5.10 Å². The van der Waals surface area contributed by atoms with Crippen LogP contribution >= 0.6 is 31.9 Å². The maximum absolute atomic E-state index is 14.7. The highest BCUT2D eigenvalue weighted by Crippen LogP contribution is 2.45. The molecule has 5 aromatic rings. The zero-order valence-corrected chi connectivity index (χ0v) is 25.9. The van der Waals surface area contributed by atoms with Gasteiger partial charge in [-0.3, -0.25) is 4.79 Å². The summed E-state index contributed by atoms with van der Waals surface area (Å²) in [5, 5.41) is 7.74. The molecule has 4 aromatic carbocycles. The monoisotopic (exact) mass is 675 g/mol. The molecule has 2 aliphatic rings. The summed E-state index contributed by atoms with van der Waals surface area (Å²) in [6.45, 7) is 0. The molecule has 1 amide bonds. The summed E-state index contributed by atoms with van der Waals surface area (Å²) in [5.74, 6) is 0.0101. The summed E-state index contributed by atoms with van der Waals surface area (Å²) in [6, 6.07) is 36.3. The van der Waals surface area contributed by atoms with Gasteiger partial charge in [0.25, 0.3) is 5.91 Å². The maximum Gasteiger partial charge on any atom is 0.275 e. The van der Waals surface area contributed by atoms with Crippen LogP contribution in [-0.4, -0.2) is 21.6 Å². The Kier molecular flexibility index (Phi) is 7.34. The van der Waals surface area contributed by atoms with Gasteiger partial charge < -0.3 is 0 Å². The Balaban J connectivity index is 1.37. The average molecular weight is 677 g/mol. The first-order valence-electron chi connectivity index (χ1n) is 14.1. The Bertz CT molecular complexity index is 1850. The molecule has 1 aliphatic heterocycles. The molecule has 2 heterocycles. The van der Waals surface area contributed by atoms with Crippen molar-refractivity contribution in [2.45, 2.75) is 25.3 Å². The molecule has 1 fully saturated rings. The minimum absolute atomic E-state index is 0.108. The number of halogens is 2. The third-order valence-corrected chi connectivity index (χ3v) is 9.21. The summed E-state index contributed by atoms with van der Waals surface area (Å²) in [5.41, 5.74) is 7.60. The van der Waals surface area contributed by atoms with E-state index in [2.05, 4.69) is 74.3 Å². The van der Waals surface area contributed by atoms with Gasteiger partial charge in [-0.25, -0.2) is 9.99 Å². The van der Waals surface area contributed by atoms with Crippen LogP contribution in [0.25, 0.3) is 28.2 Å². The molecule has 0 bridgehead atoms. The van der Waals surface area contributed by atoms with Gasteiger partial charge in [-0.15, -0.1) is 0 Å². The Morgan fingerprint density at radius 1 is 0.833 bits per heavy atom. The van der Waals surface area contributed by atoms with Gasteiger partial charge in [0.1, 0.15) is 0 Å². The maximum atomic E-state index is 14.7. The fourth-order valence-electron chi connectivity index (χ4n) is 6.15. The third kappa shape index (κ3) is 5.14. The van der Waals surface area contributed by atoms with Crippen molar-refractivity contribution in [3.63, 3.8) is 0 Å². The number of hydrogen-bond acceptors (Lipinski definition) is 3. The van der Waals surface area contributed by atoms with E-state index in [9.17, 15) is 4.79 Å². The van der Waals surface area contributed by atoms with Gasteiger partial charge in [-0.1, -0.05) is 105 Å². The highest BCUT2D eigenvalue weighted by Gasteiger charge is 2.44. The third-order valence-electron chi connectivity index (χ3n) is 8.15. The van der Waals surface area contributed by atoms with E-state index in [-0.39, 0.29) is 17.9 Å². The van der Waals surface area contributed by atoms with Gasteiger partial charge in [-0.05, 0) is 78.4 Å². The van der Waals surface area contributed by atoms with Crippen LogP contribution < -0.4 is 0 Å². The van der Waals surface area contributed by atoms with Gasteiger partial charge >= 0.3 is 0 Å². The van der Waals surface area contributed by atoms with Crippen LogP contribution in [0.1, 0.15) is 46.8 Å². The van der Waals surface area contributed by atoms with E-state index in [1.54, 1.807) is 5.01 Å². The van der Waals surface area contributed by atoms with E-state index in [4.69, 9.17) is 10.1 Å². The van der Waals surface area contributed by atoms with Crippen molar-refractivity contribution in [3.05, 3.63) is 140 Å². The number of carbonyl (C=O) groups excluding carboxylic acids is 1. The molecule has 1 saturated carbocycles. The van der Waals surface area contributed by atoms with Crippen LogP contribution in [0.3, 0.4) is 0 Å².